The Morgan fingerprint density at radius 1 is 1.23 bits per heavy atom. The van der Waals surface area contributed by atoms with Crippen molar-refractivity contribution >= 4 is 33.5 Å². The van der Waals surface area contributed by atoms with E-state index in [-0.39, 0.29) is 6.61 Å². The Hall–Kier alpha value is -1.99. The van der Waals surface area contributed by atoms with Crippen LogP contribution in [-0.2, 0) is 11.4 Å². The van der Waals surface area contributed by atoms with Crippen molar-refractivity contribution in [2.45, 2.75) is 13.5 Å². The zero-order valence-electron chi connectivity index (χ0n) is 11.7. The number of hydrogen-bond donors (Lipinski definition) is 0. The fraction of sp³-hybridized carbons (Fsp3) is 0.133. The van der Waals surface area contributed by atoms with Gasteiger partial charge in [-0.3, -0.25) is 0 Å². The minimum atomic E-state index is 0.141. The molecule has 0 bridgehead atoms. The highest BCUT2D eigenvalue weighted by molar-refractivity contribution is 9.11. The van der Waals surface area contributed by atoms with Gasteiger partial charge < -0.3 is 9.25 Å². The van der Waals surface area contributed by atoms with Gasteiger partial charge in [0.1, 0.15) is 0 Å². The van der Waals surface area contributed by atoms with E-state index in [0.29, 0.717) is 11.8 Å². The third kappa shape index (κ3) is 3.80. The van der Waals surface area contributed by atoms with E-state index < -0.39 is 0 Å². The lowest BCUT2D eigenvalue weighted by atomic mass is 10.2. The largest absolute Gasteiger partial charge is 0.416 e. The fourth-order valence-electron chi connectivity index (χ4n) is 1.68. The topological polar surface area (TPSA) is 60.5 Å². The predicted octanol–water partition coefficient (Wildman–Crippen LogP) is 4.42. The minimum Gasteiger partial charge on any atom is -0.416 e. The molecule has 0 saturated carbocycles. The van der Waals surface area contributed by atoms with Crippen molar-refractivity contribution in [3.63, 3.8) is 0 Å². The molecule has 0 aliphatic heterocycles. The molecular formula is C15H12BrN3O2S. The third-order valence-corrected chi connectivity index (χ3v) is 4.40. The molecule has 0 saturated heterocycles. The van der Waals surface area contributed by atoms with Crippen LogP contribution >= 0.6 is 27.3 Å². The molecular weight excluding hydrogens is 366 g/mol. The smallest absolute Gasteiger partial charge is 0.257 e. The molecule has 2 heterocycles. The van der Waals surface area contributed by atoms with Crippen molar-refractivity contribution in [3.05, 3.63) is 57.2 Å². The first-order chi connectivity index (χ1) is 10.7. The summed E-state index contributed by atoms with van der Waals surface area (Å²) < 4.78 is 6.53. The second kappa shape index (κ2) is 6.85. The van der Waals surface area contributed by atoms with Crippen LogP contribution < -0.4 is 0 Å². The summed E-state index contributed by atoms with van der Waals surface area (Å²) in [5, 5.41) is 11.8. The van der Waals surface area contributed by atoms with Crippen LogP contribution in [0, 0.1) is 6.92 Å². The van der Waals surface area contributed by atoms with E-state index in [2.05, 4.69) is 31.3 Å². The summed E-state index contributed by atoms with van der Waals surface area (Å²) in [6, 6.07) is 11.8. The summed E-state index contributed by atoms with van der Waals surface area (Å²) in [4.78, 5) is 6.09. The van der Waals surface area contributed by atoms with Crippen molar-refractivity contribution in [1.82, 2.24) is 10.2 Å². The van der Waals surface area contributed by atoms with Gasteiger partial charge in [-0.2, -0.15) is 0 Å². The van der Waals surface area contributed by atoms with Crippen molar-refractivity contribution in [1.29, 1.82) is 0 Å². The molecule has 2 aromatic heterocycles. The van der Waals surface area contributed by atoms with E-state index in [1.807, 2.05) is 43.3 Å². The Balaban J connectivity index is 1.56. The monoisotopic (exact) mass is 377 g/mol. The molecule has 3 aromatic rings. The zero-order chi connectivity index (χ0) is 15.4. The van der Waals surface area contributed by atoms with Gasteiger partial charge in [0.2, 0.25) is 0 Å². The van der Waals surface area contributed by atoms with E-state index in [4.69, 9.17) is 9.25 Å². The molecule has 112 valence electrons. The molecule has 1 aromatic carbocycles. The number of halogens is 1. The highest BCUT2D eigenvalue weighted by atomic mass is 79.9. The zero-order valence-corrected chi connectivity index (χ0v) is 14.1. The van der Waals surface area contributed by atoms with Crippen LogP contribution in [-0.4, -0.2) is 16.4 Å². The van der Waals surface area contributed by atoms with Crippen molar-refractivity contribution in [3.8, 4) is 10.8 Å². The second-order valence-corrected chi connectivity index (χ2v) is 6.99. The van der Waals surface area contributed by atoms with Crippen molar-refractivity contribution < 1.29 is 9.25 Å². The maximum absolute atomic E-state index is 5.52. The molecule has 0 aliphatic rings. The molecule has 22 heavy (non-hydrogen) atoms. The molecule has 0 fully saturated rings. The first-order valence-corrected chi connectivity index (χ1v) is 8.12. The number of benzene rings is 1. The predicted molar refractivity (Wildman–Crippen MR) is 88.9 cm³/mol. The number of aryl methyl sites for hydroxylation is 1. The molecule has 0 aliphatic carbocycles. The van der Waals surface area contributed by atoms with Gasteiger partial charge in [0, 0.05) is 0 Å². The first-order valence-electron chi connectivity index (χ1n) is 6.51. The molecule has 7 heteroatoms. The Labute approximate surface area is 139 Å². The van der Waals surface area contributed by atoms with Crippen LogP contribution in [0.5, 0.6) is 0 Å². The van der Waals surface area contributed by atoms with Crippen molar-refractivity contribution in [2.24, 2.45) is 5.16 Å². The molecule has 3 rings (SSSR count). The van der Waals surface area contributed by atoms with E-state index in [1.54, 1.807) is 6.21 Å². The SMILES string of the molecule is Cc1ccc(/C=N\OCc2nnc(-c3ccc(Br)s3)o2)cc1. The molecule has 5 nitrogen and oxygen atoms in total. The average Bonchev–Trinajstić information content (AvgIpc) is 3.14. The second-order valence-electron chi connectivity index (χ2n) is 4.52. The van der Waals surface area contributed by atoms with Crippen LogP contribution in [0.25, 0.3) is 10.8 Å². The number of oxime groups is 1. The number of rotatable bonds is 5. The Morgan fingerprint density at radius 2 is 2.05 bits per heavy atom. The van der Waals surface area contributed by atoms with Gasteiger partial charge in [0.05, 0.1) is 14.9 Å². The summed E-state index contributed by atoms with van der Waals surface area (Å²) in [6.45, 7) is 2.18. The summed E-state index contributed by atoms with van der Waals surface area (Å²) in [7, 11) is 0. The first kappa shape index (κ1) is 14.9. The maximum atomic E-state index is 5.52. The Kier molecular flexibility index (Phi) is 4.65. The van der Waals surface area contributed by atoms with Crippen LogP contribution in [0.4, 0.5) is 0 Å². The van der Waals surface area contributed by atoms with Crippen LogP contribution in [0.3, 0.4) is 0 Å². The number of hydrogen-bond acceptors (Lipinski definition) is 6. The van der Waals surface area contributed by atoms with Gasteiger partial charge >= 0.3 is 0 Å². The summed E-state index contributed by atoms with van der Waals surface area (Å²) in [6.07, 6.45) is 1.65. The summed E-state index contributed by atoms with van der Waals surface area (Å²) >= 11 is 4.93. The lowest BCUT2D eigenvalue weighted by molar-refractivity contribution is 0.112. The van der Waals surface area contributed by atoms with Gasteiger partial charge in [0.15, 0.2) is 6.61 Å². The number of aromatic nitrogens is 2. The highest BCUT2D eigenvalue weighted by Crippen LogP contribution is 2.30. The van der Waals surface area contributed by atoms with Crippen LogP contribution in [0.2, 0.25) is 0 Å². The van der Waals surface area contributed by atoms with E-state index in [0.717, 1.165) is 14.2 Å². The van der Waals surface area contributed by atoms with Gasteiger partial charge in [-0.05, 0) is 40.5 Å². The van der Waals surface area contributed by atoms with E-state index >= 15 is 0 Å². The van der Waals surface area contributed by atoms with Gasteiger partial charge in [-0.15, -0.1) is 21.5 Å². The molecule has 0 N–H and O–H groups in total. The minimum absolute atomic E-state index is 0.141. The van der Waals surface area contributed by atoms with Gasteiger partial charge in [-0.1, -0.05) is 35.0 Å². The average molecular weight is 378 g/mol. The Morgan fingerprint density at radius 3 is 2.77 bits per heavy atom. The normalized spacial score (nSPS) is 11.2. The Bertz CT molecular complexity index is 780. The molecule has 0 spiro atoms. The van der Waals surface area contributed by atoms with Crippen LogP contribution in [0.1, 0.15) is 17.0 Å². The summed E-state index contributed by atoms with van der Waals surface area (Å²) in [5.41, 5.74) is 2.18. The van der Waals surface area contributed by atoms with Gasteiger partial charge in [0.25, 0.3) is 11.8 Å². The molecule has 0 amide bonds. The summed E-state index contributed by atoms with van der Waals surface area (Å²) in [5.74, 6) is 0.873. The van der Waals surface area contributed by atoms with E-state index in [1.165, 1.54) is 16.9 Å². The fourth-order valence-corrected chi connectivity index (χ4v) is 2.99. The van der Waals surface area contributed by atoms with Crippen LogP contribution in [0.15, 0.2) is 49.8 Å². The van der Waals surface area contributed by atoms with Gasteiger partial charge in [-0.25, -0.2) is 0 Å². The molecule has 0 atom stereocenters. The highest BCUT2D eigenvalue weighted by Gasteiger charge is 2.10. The van der Waals surface area contributed by atoms with Crippen molar-refractivity contribution in [2.75, 3.05) is 0 Å². The number of thiophene rings is 1. The third-order valence-electron chi connectivity index (χ3n) is 2.79. The molecule has 0 unspecified atom stereocenters. The maximum Gasteiger partial charge on any atom is 0.257 e. The lowest BCUT2D eigenvalue weighted by Gasteiger charge is -1.95. The quantitative estimate of drug-likeness (QED) is 0.487. The van der Waals surface area contributed by atoms with E-state index in [9.17, 15) is 0 Å². The standard InChI is InChI=1S/C15H12BrN3O2S/c1-10-2-4-11(5-3-10)8-17-20-9-14-18-19-15(21-14)12-6-7-13(16)22-12/h2-8H,9H2,1H3/b17-8-. The number of nitrogens with zero attached hydrogens (tertiary/aromatic N) is 3. The lowest BCUT2D eigenvalue weighted by Crippen LogP contribution is -1.88. The molecule has 0 radical (unpaired) electrons.